The maximum Gasteiger partial charge on any atom is 0.173 e. The molecule has 3 rings (SSSR count). The molecular weight excluding hydrogens is 388 g/mol. The zero-order valence-corrected chi connectivity index (χ0v) is 18.0. The Bertz CT molecular complexity index is 807. The molecule has 1 aliphatic heterocycles. The van der Waals surface area contributed by atoms with E-state index in [0.717, 1.165) is 47.9 Å². The van der Waals surface area contributed by atoms with Crippen LogP contribution in [0.4, 0.5) is 5.69 Å². The number of ether oxygens (including phenoxy) is 4. The molecule has 1 saturated heterocycles. The van der Waals surface area contributed by atoms with Gasteiger partial charge in [-0.25, -0.2) is 0 Å². The fourth-order valence-electron chi connectivity index (χ4n) is 3.34. The summed E-state index contributed by atoms with van der Waals surface area (Å²) in [5.74, 6) is 2.39. The fraction of sp³-hybridized carbons (Fsp3) is 0.409. The number of hydrogen-bond donors (Lipinski definition) is 1. The number of methoxy groups -OCH3 is 3. The molecule has 0 radical (unpaired) electrons. The van der Waals surface area contributed by atoms with E-state index in [1.165, 1.54) is 0 Å². The van der Waals surface area contributed by atoms with E-state index < -0.39 is 0 Å². The topological polar surface area (TPSA) is 52.2 Å². The molecule has 2 aromatic carbocycles. The fourth-order valence-corrected chi connectivity index (χ4v) is 3.60. The first kappa shape index (κ1) is 21.2. The first-order valence-corrected chi connectivity index (χ1v) is 10.1. The van der Waals surface area contributed by atoms with E-state index in [2.05, 4.69) is 10.2 Å². The van der Waals surface area contributed by atoms with E-state index >= 15 is 0 Å². The molecule has 1 unspecified atom stereocenters. The summed E-state index contributed by atoms with van der Waals surface area (Å²) in [5.41, 5.74) is 1.91. The summed E-state index contributed by atoms with van der Waals surface area (Å²) in [5, 5.41) is 3.96. The third kappa shape index (κ3) is 5.74. The lowest BCUT2D eigenvalue weighted by Gasteiger charge is -2.29. The van der Waals surface area contributed by atoms with Gasteiger partial charge in [-0.3, -0.25) is 0 Å². The molecule has 156 valence electrons. The number of thiocarbonyl (C=S) groups is 1. The number of hydrogen-bond acceptors (Lipinski definition) is 5. The van der Waals surface area contributed by atoms with Gasteiger partial charge in [0.2, 0.25) is 0 Å². The first-order valence-electron chi connectivity index (χ1n) is 9.65. The molecule has 0 saturated carbocycles. The maximum absolute atomic E-state index is 5.85. The summed E-state index contributed by atoms with van der Waals surface area (Å²) in [6.45, 7) is 2.10. The van der Waals surface area contributed by atoms with Crippen LogP contribution >= 0.6 is 12.2 Å². The molecule has 0 aliphatic carbocycles. The van der Waals surface area contributed by atoms with Crippen molar-refractivity contribution in [3.63, 3.8) is 0 Å². The second-order valence-corrected chi connectivity index (χ2v) is 7.24. The first-order chi connectivity index (χ1) is 14.1. The van der Waals surface area contributed by atoms with Crippen LogP contribution in [0.2, 0.25) is 0 Å². The predicted octanol–water partition coefficient (Wildman–Crippen LogP) is 4.09. The lowest BCUT2D eigenvalue weighted by atomic mass is 10.1. The quantitative estimate of drug-likeness (QED) is 0.651. The molecule has 6 nitrogen and oxygen atoms in total. The van der Waals surface area contributed by atoms with E-state index in [1.807, 2.05) is 42.5 Å². The van der Waals surface area contributed by atoms with Crippen molar-refractivity contribution in [2.24, 2.45) is 0 Å². The van der Waals surface area contributed by atoms with Crippen LogP contribution in [-0.2, 0) is 11.3 Å². The Hall–Kier alpha value is -2.51. The molecule has 29 heavy (non-hydrogen) atoms. The van der Waals surface area contributed by atoms with Crippen molar-refractivity contribution in [3.05, 3.63) is 48.0 Å². The van der Waals surface area contributed by atoms with Crippen molar-refractivity contribution in [2.75, 3.05) is 39.8 Å². The Labute approximate surface area is 177 Å². The minimum Gasteiger partial charge on any atom is -0.497 e. The maximum atomic E-state index is 5.85. The number of rotatable bonds is 8. The zero-order valence-electron chi connectivity index (χ0n) is 17.1. The third-order valence-corrected chi connectivity index (χ3v) is 5.29. The molecule has 0 amide bonds. The van der Waals surface area contributed by atoms with E-state index in [9.17, 15) is 0 Å². The Balaban J connectivity index is 1.78. The van der Waals surface area contributed by atoms with E-state index in [0.29, 0.717) is 18.2 Å². The molecule has 1 aliphatic rings. The van der Waals surface area contributed by atoms with Gasteiger partial charge in [0.1, 0.15) is 17.2 Å². The summed E-state index contributed by atoms with van der Waals surface area (Å²) < 4.78 is 22.0. The lowest BCUT2D eigenvalue weighted by Crippen LogP contribution is -2.39. The molecule has 0 spiro atoms. The van der Waals surface area contributed by atoms with Crippen LogP contribution in [0.1, 0.15) is 18.4 Å². The standard InChI is InChI=1S/C22H28N2O4S/c1-25-18-8-6-17(7-9-18)23-22(29)24(15-20-5-4-12-28-20)14-16-13-19(26-2)10-11-21(16)27-3/h6-11,13,20H,4-5,12,14-15H2,1-3H3,(H,23,29). The van der Waals surface area contributed by atoms with Gasteiger partial charge in [-0.1, -0.05) is 0 Å². The van der Waals surface area contributed by atoms with E-state index in [4.69, 9.17) is 31.2 Å². The van der Waals surface area contributed by atoms with Crippen molar-refractivity contribution < 1.29 is 18.9 Å². The van der Waals surface area contributed by atoms with Crippen LogP contribution in [0.25, 0.3) is 0 Å². The minimum atomic E-state index is 0.169. The van der Waals surface area contributed by atoms with Gasteiger partial charge in [0.05, 0.1) is 27.4 Å². The Morgan fingerprint density at radius 2 is 1.79 bits per heavy atom. The monoisotopic (exact) mass is 416 g/mol. The Morgan fingerprint density at radius 1 is 1.07 bits per heavy atom. The molecule has 7 heteroatoms. The van der Waals surface area contributed by atoms with Gasteiger partial charge in [-0.2, -0.15) is 0 Å². The molecule has 0 bridgehead atoms. The highest BCUT2D eigenvalue weighted by molar-refractivity contribution is 7.80. The predicted molar refractivity (Wildman–Crippen MR) is 118 cm³/mol. The average Bonchev–Trinajstić information content (AvgIpc) is 3.27. The lowest BCUT2D eigenvalue weighted by molar-refractivity contribution is 0.0903. The average molecular weight is 417 g/mol. The summed E-state index contributed by atoms with van der Waals surface area (Å²) in [7, 11) is 4.98. The Morgan fingerprint density at radius 3 is 2.41 bits per heavy atom. The van der Waals surface area contributed by atoms with Gasteiger partial charge >= 0.3 is 0 Å². The van der Waals surface area contributed by atoms with E-state index in [-0.39, 0.29) is 6.10 Å². The van der Waals surface area contributed by atoms with Crippen molar-refractivity contribution >= 4 is 23.0 Å². The van der Waals surface area contributed by atoms with Gasteiger partial charge < -0.3 is 29.2 Å². The second kappa shape index (κ2) is 10.3. The number of anilines is 1. The molecular formula is C22H28N2O4S. The highest BCUT2D eigenvalue weighted by atomic mass is 32.1. The summed E-state index contributed by atoms with van der Waals surface area (Å²) in [6.07, 6.45) is 2.29. The molecule has 1 atom stereocenters. The van der Waals surface area contributed by atoms with Crippen molar-refractivity contribution in [2.45, 2.75) is 25.5 Å². The molecule has 1 heterocycles. The molecule has 0 aromatic heterocycles. The second-order valence-electron chi connectivity index (χ2n) is 6.85. The highest BCUT2D eigenvalue weighted by Crippen LogP contribution is 2.26. The van der Waals surface area contributed by atoms with Crippen molar-refractivity contribution in [1.29, 1.82) is 0 Å². The molecule has 1 fully saturated rings. The third-order valence-electron chi connectivity index (χ3n) is 4.93. The molecule has 1 N–H and O–H groups in total. The largest absolute Gasteiger partial charge is 0.497 e. The highest BCUT2D eigenvalue weighted by Gasteiger charge is 2.22. The van der Waals surface area contributed by atoms with Crippen molar-refractivity contribution in [1.82, 2.24) is 4.90 Å². The summed E-state index contributed by atoms with van der Waals surface area (Å²) in [4.78, 5) is 2.12. The number of benzene rings is 2. The number of nitrogens with one attached hydrogen (secondary N) is 1. The number of nitrogens with zero attached hydrogens (tertiary/aromatic N) is 1. The van der Waals surface area contributed by atoms with Gasteiger partial charge in [0, 0.05) is 30.9 Å². The van der Waals surface area contributed by atoms with Crippen LogP contribution in [0.15, 0.2) is 42.5 Å². The van der Waals surface area contributed by atoms with Crippen LogP contribution < -0.4 is 19.5 Å². The van der Waals surface area contributed by atoms with Gasteiger partial charge in [-0.15, -0.1) is 0 Å². The summed E-state index contributed by atoms with van der Waals surface area (Å²) >= 11 is 5.75. The van der Waals surface area contributed by atoms with Crippen LogP contribution in [0, 0.1) is 0 Å². The van der Waals surface area contributed by atoms with Crippen molar-refractivity contribution in [3.8, 4) is 17.2 Å². The van der Waals surface area contributed by atoms with Gasteiger partial charge in [-0.05, 0) is 67.5 Å². The van der Waals surface area contributed by atoms with Crippen LogP contribution in [0.3, 0.4) is 0 Å². The van der Waals surface area contributed by atoms with Crippen LogP contribution in [-0.4, -0.2) is 50.6 Å². The van der Waals surface area contributed by atoms with Gasteiger partial charge in [0.15, 0.2) is 5.11 Å². The molecule has 2 aromatic rings. The normalized spacial score (nSPS) is 15.6. The van der Waals surface area contributed by atoms with Crippen LogP contribution in [0.5, 0.6) is 17.2 Å². The smallest absolute Gasteiger partial charge is 0.173 e. The summed E-state index contributed by atoms with van der Waals surface area (Å²) in [6, 6.07) is 13.5. The Kier molecular flexibility index (Phi) is 7.55. The zero-order chi connectivity index (χ0) is 20.6. The van der Waals surface area contributed by atoms with Gasteiger partial charge in [0.25, 0.3) is 0 Å². The minimum absolute atomic E-state index is 0.169. The SMILES string of the molecule is COc1ccc(NC(=S)N(Cc2cc(OC)ccc2OC)CC2CCCO2)cc1. The van der Waals surface area contributed by atoms with E-state index in [1.54, 1.807) is 21.3 Å².